The Hall–Kier alpha value is -0.0513. The van der Waals surface area contributed by atoms with Gasteiger partial charge in [-0.05, 0) is 0 Å². The van der Waals surface area contributed by atoms with Gasteiger partial charge in [0.15, 0.2) is 0 Å². The van der Waals surface area contributed by atoms with E-state index in [2.05, 4.69) is 20.9 Å². The molecule has 2 saturated carbocycles. The van der Waals surface area contributed by atoms with E-state index in [0.29, 0.717) is 5.92 Å². The van der Waals surface area contributed by atoms with Gasteiger partial charge in [-0.3, -0.25) is 0 Å². The molecule has 0 spiro atoms. The number of hydrogen-bond donors (Lipinski definition) is 0. The molecule has 18 heavy (non-hydrogen) atoms. The summed E-state index contributed by atoms with van der Waals surface area (Å²) in [4.78, 5) is 7.69. The SMILES string of the molecule is [CH3][Sn]([CH3])([CH3])[C@@H]1[C@H]2CC[C@H](C2)[C@@H]1c1cccc(F)c1. The molecule has 0 saturated heterocycles. The molecule has 1 aromatic carbocycles. The monoisotopic (exact) mass is 354 g/mol. The minimum atomic E-state index is -1.93. The molecule has 4 atom stereocenters. The van der Waals surface area contributed by atoms with Crippen LogP contribution in [0.1, 0.15) is 30.7 Å². The molecule has 98 valence electrons. The second-order valence-corrected chi connectivity index (χ2v) is 22.7. The fourth-order valence-electron chi connectivity index (χ4n) is 4.73. The molecule has 3 rings (SSSR count). The Morgan fingerprint density at radius 2 is 1.83 bits per heavy atom. The average Bonchev–Trinajstić information content (AvgIpc) is 2.87. The first-order valence-electron chi connectivity index (χ1n) is 7.22. The van der Waals surface area contributed by atoms with E-state index >= 15 is 0 Å². The molecular weight excluding hydrogens is 330 g/mol. The first-order chi connectivity index (χ1) is 8.47. The molecule has 2 aliphatic carbocycles. The predicted molar refractivity (Wildman–Crippen MR) is 77.1 cm³/mol. The van der Waals surface area contributed by atoms with Gasteiger partial charge in [0, 0.05) is 0 Å². The van der Waals surface area contributed by atoms with Gasteiger partial charge in [-0.15, -0.1) is 0 Å². The standard InChI is InChI=1S/C13H14F.3CH3.Sn/c14-12-3-1-2-10(8-12)13-7-9-4-5-11(13)6-9;;;;/h1-3,7-9,11,13H,4-6H2;3*1H3;/t9-,11+,13-;;;;/m0..../s1. The Balaban J connectivity index is 1.99. The summed E-state index contributed by atoms with van der Waals surface area (Å²) < 4.78 is 14.4. The zero-order valence-electron chi connectivity index (χ0n) is 11.6. The Kier molecular flexibility index (Phi) is 3.24. The summed E-state index contributed by atoms with van der Waals surface area (Å²) in [5.74, 6) is 2.42. The number of benzene rings is 1. The molecule has 0 radical (unpaired) electrons. The third-order valence-corrected chi connectivity index (χ3v) is 13.2. The van der Waals surface area contributed by atoms with Crippen LogP contribution in [-0.4, -0.2) is 18.4 Å². The second kappa shape index (κ2) is 4.50. The Morgan fingerprint density at radius 1 is 1.11 bits per heavy atom. The van der Waals surface area contributed by atoms with Gasteiger partial charge in [-0.2, -0.15) is 0 Å². The average molecular weight is 353 g/mol. The topological polar surface area (TPSA) is 0 Å². The molecule has 0 unspecified atom stereocenters. The maximum absolute atomic E-state index is 13.5. The fourth-order valence-corrected chi connectivity index (χ4v) is 14.0. The van der Waals surface area contributed by atoms with Crippen molar-refractivity contribution >= 4 is 18.4 Å². The summed E-state index contributed by atoms with van der Waals surface area (Å²) in [6.07, 6.45) is 4.24. The summed E-state index contributed by atoms with van der Waals surface area (Å²) in [6.45, 7) is 0. The summed E-state index contributed by atoms with van der Waals surface area (Å²) in [5.41, 5.74) is 1.29. The van der Waals surface area contributed by atoms with Crippen LogP contribution in [0.5, 0.6) is 0 Å². The first kappa shape index (κ1) is 13.0. The second-order valence-electron chi connectivity index (χ2n) is 7.31. The molecule has 2 bridgehead atoms. The van der Waals surface area contributed by atoms with Gasteiger partial charge >= 0.3 is 114 Å². The number of hydrogen-bond acceptors (Lipinski definition) is 0. The van der Waals surface area contributed by atoms with Gasteiger partial charge in [-0.25, -0.2) is 0 Å². The van der Waals surface area contributed by atoms with Gasteiger partial charge in [0.25, 0.3) is 0 Å². The Bertz CT molecular complexity index is 449. The molecule has 0 aliphatic heterocycles. The molecule has 0 N–H and O–H groups in total. The van der Waals surface area contributed by atoms with E-state index in [9.17, 15) is 4.39 Å². The van der Waals surface area contributed by atoms with Crippen molar-refractivity contribution in [1.29, 1.82) is 0 Å². The van der Waals surface area contributed by atoms with Gasteiger partial charge in [0.2, 0.25) is 0 Å². The van der Waals surface area contributed by atoms with Crippen LogP contribution in [0.25, 0.3) is 0 Å². The van der Waals surface area contributed by atoms with Crippen LogP contribution in [0.4, 0.5) is 4.39 Å². The summed E-state index contributed by atoms with van der Waals surface area (Å²) in [6, 6.07) is 7.44. The predicted octanol–water partition coefficient (Wildman–Crippen LogP) is 5.05. The molecular formula is C16H23FSn. The van der Waals surface area contributed by atoms with Crippen LogP contribution in [0, 0.1) is 17.7 Å². The van der Waals surface area contributed by atoms with Gasteiger partial charge in [0.05, 0.1) is 0 Å². The van der Waals surface area contributed by atoms with E-state index in [-0.39, 0.29) is 5.82 Å². The van der Waals surface area contributed by atoms with Crippen molar-refractivity contribution in [1.82, 2.24) is 0 Å². The van der Waals surface area contributed by atoms with E-state index in [1.807, 2.05) is 6.07 Å². The summed E-state index contributed by atoms with van der Waals surface area (Å²) in [5, 5.41) is 0. The third-order valence-electron chi connectivity index (χ3n) is 5.15. The number of halogens is 1. The molecule has 0 amide bonds. The minimum absolute atomic E-state index is 0.0573. The quantitative estimate of drug-likeness (QED) is 0.653. The van der Waals surface area contributed by atoms with Crippen LogP contribution in [0.2, 0.25) is 18.8 Å². The van der Waals surface area contributed by atoms with Crippen LogP contribution < -0.4 is 0 Å². The van der Waals surface area contributed by atoms with Crippen molar-refractivity contribution in [2.75, 3.05) is 0 Å². The van der Waals surface area contributed by atoms with Crippen LogP contribution in [-0.2, 0) is 0 Å². The van der Waals surface area contributed by atoms with Crippen molar-refractivity contribution < 1.29 is 4.39 Å². The van der Waals surface area contributed by atoms with Crippen molar-refractivity contribution in [2.45, 2.75) is 43.9 Å². The van der Waals surface area contributed by atoms with Crippen LogP contribution in [0.15, 0.2) is 24.3 Å². The maximum atomic E-state index is 13.5. The van der Waals surface area contributed by atoms with E-state index in [0.717, 1.165) is 15.8 Å². The van der Waals surface area contributed by atoms with E-state index in [1.165, 1.54) is 24.8 Å². The first-order valence-corrected chi connectivity index (χ1v) is 17.4. The fraction of sp³-hybridized carbons (Fsp3) is 0.625. The molecule has 0 aromatic heterocycles. The number of fused-ring (bicyclic) bond motifs is 2. The van der Waals surface area contributed by atoms with Crippen molar-refractivity contribution in [2.24, 2.45) is 11.8 Å². The normalized spacial score (nSPS) is 35.1. The molecule has 0 heterocycles. The summed E-state index contributed by atoms with van der Waals surface area (Å²) in [7, 11) is 0. The molecule has 2 fully saturated rings. The Morgan fingerprint density at radius 3 is 2.50 bits per heavy atom. The van der Waals surface area contributed by atoms with Gasteiger partial charge in [-0.1, -0.05) is 0 Å². The zero-order chi connectivity index (χ0) is 12.9. The number of rotatable bonds is 2. The van der Waals surface area contributed by atoms with Gasteiger partial charge < -0.3 is 0 Å². The van der Waals surface area contributed by atoms with E-state index < -0.39 is 18.4 Å². The van der Waals surface area contributed by atoms with Crippen molar-refractivity contribution in [3.63, 3.8) is 0 Å². The van der Waals surface area contributed by atoms with Crippen LogP contribution in [0.3, 0.4) is 0 Å². The van der Waals surface area contributed by atoms with Gasteiger partial charge in [0.1, 0.15) is 0 Å². The Labute approximate surface area is 114 Å². The molecule has 2 aliphatic rings. The van der Waals surface area contributed by atoms with Crippen LogP contribution >= 0.6 is 0 Å². The van der Waals surface area contributed by atoms with Crippen molar-refractivity contribution in [3.8, 4) is 0 Å². The van der Waals surface area contributed by atoms with Crippen molar-refractivity contribution in [3.05, 3.63) is 35.6 Å². The summed E-state index contributed by atoms with van der Waals surface area (Å²) >= 11 is -1.93. The van der Waals surface area contributed by atoms with E-state index in [1.54, 1.807) is 12.1 Å². The molecule has 1 aromatic rings. The third kappa shape index (κ3) is 2.13. The molecule has 2 heteroatoms. The van der Waals surface area contributed by atoms with E-state index in [4.69, 9.17) is 0 Å². The zero-order valence-corrected chi connectivity index (χ0v) is 14.5. The molecule has 0 nitrogen and oxygen atoms in total.